The van der Waals surface area contributed by atoms with Crippen molar-refractivity contribution in [1.29, 1.82) is 0 Å². The maximum absolute atomic E-state index is 11.2. The highest BCUT2D eigenvalue weighted by Crippen LogP contribution is 2.34. The first kappa shape index (κ1) is 10.5. The molecule has 1 fully saturated rings. The molecule has 2 rings (SSSR count). The zero-order valence-corrected chi connectivity index (χ0v) is 9.51. The first-order chi connectivity index (χ1) is 7.18. The minimum absolute atomic E-state index is 0.292. The van der Waals surface area contributed by atoms with Gasteiger partial charge in [0.1, 0.15) is 5.76 Å². The largest absolute Gasteiger partial charge is 0.416 e. The van der Waals surface area contributed by atoms with Crippen LogP contribution in [-0.4, -0.2) is 4.98 Å². The average Bonchev–Trinajstić information content (AvgIpc) is 2.62. The molecular weight excluding hydrogens is 190 g/mol. The first-order valence-electron chi connectivity index (χ1n) is 5.91. The highest BCUT2D eigenvalue weighted by Gasteiger charge is 2.23. The Bertz CT molecular complexity index is 369. The summed E-state index contributed by atoms with van der Waals surface area (Å²) in [5.41, 5.74) is 1.06. The van der Waals surface area contributed by atoms with E-state index in [1.807, 2.05) is 0 Å². The van der Waals surface area contributed by atoms with E-state index in [2.05, 4.69) is 18.8 Å². The summed E-state index contributed by atoms with van der Waals surface area (Å²) in [7, 11) is 0. The molecule has 84 valence electrons. The number of aromatic amines is 1. The summed E-state index contributed by atoms with van der Waals surface area (Å²) in [4.78, 5) is 14.1. The van der Waals surface area contributed by atoms with Gasteiger partial charge in [0.15, 0.2) is 0 Å². The number of H-pyrrole nitrogens is 1. The van der Waals surface area contributed by atoms with Gasteiger partial charge in [-0.3, -0.25) is 4.98 Å². The van der Waals surface area contributed by atoms with Gasteiger partial charge in [0.05, 0.1) is 5.69 Å². The SMILES string of the molecule is CC(C)c1oc(=O)[nH]c1C1CCCCC1. The number of oxazole rings is 1. The van der Waals surface area contributed by atoms with Gasteiger partial charge >= 0.3 is 5.76 Å². The molecule has 0 spiro atoms. The van der Waals surface area contributed by atoms with Crippen molar-refractivity contribution >= 4 is 0 Å². The van der Waals surface area contributed by atoms with Crippen LogP contribution in [0.3, 0.4) is 0 Å². The van der Waals surface area contributed by atoms with Crippen molar-refractivity contribution in [2.24, 2.45) is 0 Å². The quantitative estimate of drug-likeness (QED) is 0.813. The van der Waals surface area contributed by atoms with Crippen LogP contribution in [0.15, 0.2) is 9.21 Å². The molecule has 0 atom stereocenters. The predicted molar refractivity (Wildman–Crippen MR) is 59.2 cm³/mol. The number of aromatic nitrogens is 1. The van der Waals surface area contributed by atoms with E-state index in [0.717, 1.165) is 11.5 Å². The molecule has 1 aromatic heterocycles. The number of rotatable bonds is 2. The fourth-order valence-corrected chi connectivity index (χ4v) is 2.48. The molecule has 3 nitrogen and oxygen atoms in total. The third-order valence-electron chi connectivity index (χ3n) is 3.24. The van der Waals surface area contributed by atoms with Crippen molar-refractivity contribution in [2.75, 3.05) is 0 Å². The topological polar surface area (TPSA) is 46.0 Å². The molecule has 1 N–H and O–H groups in total. The summed E-state index contributed by atoms with van der Waals surface area (Å²) in [6, 6.07) is 0. The van der Waals surface area contributed by atoms with Gasteiger partial charge in [-0.15, -0.1) is 0 Å². The summed E-state index contributed by atoms with van der Waals surface area (Å²) < 4.78 is 5.22. The van der Waals surface area contributed by atoms with Crippen LogP contribution in [0, 0.1) is 0 Å². The van der Waals surface area contributed by atoms with Crippen LogP contribution in [0.4, 0.5) is 0 Å². The molecule has 0 bridgehead atoms. The summed E-state index contributed by atoms with van der Waals surface area (Å²) in [6.07, 6.45) is 6.25. The lowest BCUT2D eigenvalue weighted by Gasteiger charge is -2.21. The summed E-state index contributed by atoms with van der Waals surface area (Å²) in [6.45, 7) is 4.14. The van der Waals surface area contributed by atoms with E-state index in [4.69, 9.17) is 4.42 Å². The molecule has 1 aromatic rings. The maximum atomic E-state index is 11.2. The van der Waals surface area contributed by atoms with E-state index in [9.17, 15) is 4.79 Å². The Labute approximate surface area is 89.9 Å². The van der Waals surface area contributed by atoms with Gasteiger partial charge in [-0.05, 0) is 12.8 Å². The zero-order chi connectivity index (χ0) is 10.8. The number of hydrogen-bond acceptors (Lipinski definition) is 2. The molecule has 0 unspecified atom stereocenters. The lowest BCUT2D eigenvalue weighted by atomic mass is 9.85. The molecule has 0 amide bonds. The molecule has 0 aliphatic heterocycles. The summed E-state index contributed by atoms with van der Waals surface area (Å²) in [5.74, 6) is 1.38. The van der Waals surface area contributed by atoms with Gasteiger partial charge in [0.2, 0.25) is 0 Å². The lowest BCUT2D eigenvalue weighted by Crippen LogP contribution is -2.08. The highest BCUT2D eigenvalue weighted by molar-refractivity contribution is 5.16. The van der Waals surface area contributed by atoms with Crippen molar-refractivity contribution in [3.05, 3.63) is 22.0 Å². The Balaban J connectivity index is 2.29. The van der Waals surface area contributed by atoms with E-state index in [1.54, 1.807) is 0 Å². The van der Waals surface area contributed by atoms with E-state index >= 15 is 0 Å². The van der Waals surface area contributed by atoms with Crippen LogP contribution >= 0.6 is 0 Å². The highest BCUT2D eigenvalue weighted by atomic mass is 16.4. The van der Waals surface area contributed by atoms with Crippen molar-refractivity contribution in [1.82, 2.24) is 4.98 Å². The van der Waals surface area contributed by atoms with Gasteiger partial charge in [0, 0.05) is 11.8 Å². The Morgan fingerprint density at radius 1 is 1.27 bits per heavy atom. The molecule has 0 saturated heterocycles. The van der Waals surface area contributed by atoms with Crippen molar-refractivity contribution in [3.8, 4) is 0 Å². The summed E-state index contributed by atoms with van der Waals surface area (Å²) in [5, 5.41) is 0. The first-order valence-corrected chi connectivity index (χ1v) is 5.91. The van der Waals surface area contributed by atoms with Crippen LogP contribution in [0.25, 0.3) is 0 Å². The zero-order valence-electron chi connectivity index (χ0n) is 9.51. The third kappa shape index (κ3) is 2.16. The Morgan fingerprint density at radius 2 is 1.93 bits per heavy atom. The third-order valence-corrected chi connectivity index (χ3v) is 3.24. The minimum atomic E-state index is -0.292. The Hall–Kier alpha value is -0.990. The van der Waals surface area contributed by atoms with Gasteiger partial charge in [0.25, 0.3) is 0 Å². The molecule has 15 heavy (non-hydrogen) atoms. The fraction of sp³-hybridized carbons (Fsp3) is 0.750. The van der Waals surface area contributed by atoms with E-state index in [-0.39, 0.29) is 5.76 Å². The van der Waals surface area contributed by atoms with Crippen LogP contribution in [0.5, 0.6) is 0 Å². The van der Waals surface area contributed by atoms with Crippen LogP contribution in [-0.2, 0) is 0 Å². The molecular formula is C12H19NO2. The summed E-state index contributed by atoms with van der Waals surface area (Å²) >= 11 is 0. The molecule has 1 aliphatic carbocycles. The van der Waals surface area contributed by atoms with Crippen molar-refractivity contribution < 1.29 is 4.42 Å². The van der Waals surface area contributed by atoms with E-state index in [0.29, 0.717) is 11.8 Å². The standard InChI is InChI=1S/C12H19NO2/c1-8(2)11-10(13-12(14)15-11)9-6-4-3-5-7-9/h8-9H,3-7H2,1-2H3,(H,13,14). The maximum Gasteiger partial charge on any atom is 0.416 e. The molecule has 1 heterocycles. The molecule has 1 saturated carbocycles. The Morgan fingerprint density at radius 3 is 2.53 bits per heavy atom. The normalized spacial score (nSPS) is 18.6. The number of nitrogens with one attached hydrogen (secondary N) is 1. The molecule has 0 aromatic carbocycles. The second-order valence-electron chi connectivity index (χ2n) is 4.78. The van der Waals surface area contributed by atoms with Gasteiger partial charge in [-0.25, -0.2) is 4.79 Å². The second kappa shape index (κ2) is 4.25. The van der Waals surface area contributed by atoms with Crippen molar-refractivity contribution in [3.63, 3.8) is 0 Å². The van der Waals surface area contributed by atoms with E-state index < -0.39 is 0 Å². The second-order valence-corrected chi connectivity index (χ2v) is 4.78. The van der Waals surface area contributed by atoms with Crippen LogP contribution in [0.1, 0.15) is 69.2 Å². The van der Waals surface area contributed by atoms with Gasteiger partial charge in [-0.1, -0.05) is 33.1 Å². The smallest absolute Gasteiger partial charge is 0.412 e. The molecule has 1 aliphatic rings. The fourth-order valence-electron chi connectivity index (χ4n) is 2.48. The molecule has 3 heteroatoms. The molecule has 0 radical (unpaired) electrons. The van der Waals surface area contributed by atoms with E-state index in [1.165, 1.54) is 32.1 Å². The van der Waals surface area contributed by atoms with Crippen molar-refractivity contribution in [2.45, 2.75) is 57.8 Å². The number of hydrogen-bond donors (Lipinski definition) is 1. The van der Waals surface area contributed by atoms with Crippen LogP contribution in [0.2, 0.25) is 0 Å². The van der Waals surface area contributed by atoms with Crippen LogP contribution < -0.4 is 5.76 Å². The lowest BCUT2D eigenvalue weighted by molar-refractivity contribution is 0.416. The monoisotopic (exact) mass is 209 g/mol. The Kier molecular flexibility index (Phi) is 2.98. The predicted octanol–water partition coefficient (Wildman–Crippen LogP) is 3.14. The average molecular weight is 209 g/mol. The van der Waals surface area contributed by atoms with Gasteiger partial charge in [-0.2, -0.15) is 0 Å². The minimum Gasteiger partial charge on any atom is -0.412 e. The van der Waals surface area contributed by atoms with Gasteiger partial charge < -0.3 is 4.42 Å².